The van der Waals surface area contributed by atoms with Crippen LogP contribution >= 0.6 is 23.1 Å². The molecular weight excluding hydrogens is 341 g/mol. The van der Waals surface area contributed by atoms with Crippen molar-refractivity contribution in [2.45, 2.75) is 17.6 Å². The van der Waals surface area contributed by atoms with E-state index in [9.17, 15) is 9.18 Å². The predicted octanol–water partition coefficient (Wildman–Crippen LogP) is 5.72. The van der Waals surface area contributed by atoms with Crippen LogP contribution in [-0.2, 0) is 5.75 Å². The summed E-state index contributed by atoms with van der Waals surface area (Å²) in [7, 11) is 0. The van der Waals surface area contributed by atoms with Crippen LogP contribution in [-0.4, -0.2) is 5.91 Å². The van der Waals surface area contributed by atoms with Crippen molar-refractivity contribution in [3.8, 4) is 10.4 Å². The summed E-state index contributed by atoms with van der Waals surface area (Å²) < 4.78 is 13.0. The number of hydrogen-bond acceptors (Lipinski definition) is 3. The quantitative estimate of drug-likeness (QED) is 0.637. The first-order valence-electron chi connectivity index (χ1n) is 7.53. The first-order chi connectivity index (χ1) is 11.6. The van der Waals surface area contributed by atoms with Crippen molar-refractivity contribution in [3.05, 3.63) is 70.4 Å². The molecule has 0 atom stereocenters. The summed E-state index contributed by atoms with van der Waals surface area (Å²) in [6, 6.07) is 14.2. The number of carbonyl (C=O) groups excluding carboxylic acids is 1. The van der Waals surface area contributed by atoms with Crippen molar-refractivity contribution < 1.29 is 9.18 Å². The van der Waals surface area contributed by atoms with E-state index in [4.69, 9.17) is 0 Å². The number of nitrogens with one attached hydrogen (secondary N) is 1. The van der Waals surface area contributed by atoms with Crippen molar-refractivity contribution in [2.24, 2.45) is 0 Å². The molecule has 0 aliphatic carbocycles. The number of benzene rings is 2. The summed E-state index contributed by atoms with van der Waals surface area (Å²) in [6.07, 6.45) is 0. The number of carbonyl (C=O) groups is 1. The van der Waals surface area contributed by atoms with Gasteiger partial charge in [-0.05, 0) is 55.0 Å². The minimum atomic E-state index is -0.316. The Labute approximate surface area is 147 Å². The molecule has 4 rings (SSSR count). The number of amides is 1. The molecule has 5 heteroatoms. The monoisotopic (exact) mass is 355 g/mol. The van der Waals surface area contributed by atoms with Gasteiger partial charge in [0.2, 0.25) is 0 Å². The second kappa shape index (κ2) is 6.07. The van der Waals surface area contributed by atoms with Crippen LogP contribution in [0.4, 0.5) is 10.1 Å². The van der Waals surface area contributed by atoms with Crippen LogP contribution in [0.3, 0.4) is 0 Å². The third-order valence-electron chi connectivity index (χ3n) is 3.90. The summed E-state index contributed by atoms with van der Waals surface area (Å²) in [5.74, 6) is 0.412. The molecule has 120 valence electrons. The Morgan fingerprint density at radius 3 is 2.71 bits per heavy atom. The molecular formula is C19H14FNOS2. The maximum atomic E-state index is 13.0. The van der Waals surface area contributed by atoms with E-state index in [0.29, 0.717) is 10.6 Å². The minimum Gasteiger partial charge on any atom is -0.321 e. The first kappa shape index (κ1) is 15.4. The van der Waals surface area contributed by atoms with Crippen LogP contribution in [0.25, 0.3) is 10.4 Å². The normalized spacial score (nSPS) is 12.4. The van der Waals surface area contributed by atoms with Crippen molar-refractivity contribution in [1.29, 1.82) is 0 Å². The van der Waals surface area contributed by atoms with E-state index < -0.39 is 0 Å². The molecule has 1 amide bonds. The average Bonchev–Trinajstić information content (AvgIpc) is 3.02. The maximum absolute atomic E-state index is 13.0. The molecule has 0 radical (unpaired) electrons. The smallest absolute Gasteiger partial charge is 0.265 e. The number of thioether (sulfide) groups is 1. The van der Waals surface area contributed by atoms with Crippen LogP contribution in [0, 0.1) is 12.7 Å². The molecule has 0 saturated heterocycles. The van der Waals surface area contributed by atoms with Gasteiger partial charge in [-0.1, -0.05) is 11.6 Å². The van der Waals surface area contributed by atoms with Crippen LogP contribution in [0.5, 0.6) is 0 Å². The molecule has 2 aromatic carbocycles. The topological polar surface area (TPSA) is 29.1 Å². The molecule has 1 aromatic heterocycles. The number of thiophene rings is 1. The minimum absolute atomic E-state index is 0.153. The zero-order valence-corrected chi connectivity index (χ0v) is 14.6. The van der Waals surface area contributed by atoms with E-state index in [1.54, 1.807) is 23.9 Å². The Balaban J connectivity index is 1.65. The van der Waals surface area contributed by atoms with Crippen LogP contribution in [0.15, 0.2) is 53.4 Å². The third-order valence-corrected chi connectivity index (χ3v) is 6.23. The summed E-state index contributed by atoms with van der Waals surface area (Å²) in [4.78, 5) is 15.6. The predicted molar refractivity (Wildman–Crippen MR) is 98.4 cm³/mol. The third kappa shape index (κ3) is 2.85. The average molecular weight is 355 g/mol. The van der Waals surface area contributed by atoms with Crippen molar-refractivity contribution in [2.75, 3.05) is 5.32 Å². The highest BCUT2D eigenvalue weighted by atomic mass is 32.2. The van der Waals surface area contributed by atoms with Gasteiger partial charge in [-0.2, -0.15) is 0 Å². The highest BCUT2D eigenvalue weighted by Crippen LogP contribution is 2.46. The Kier molecular flexibility index (Phi) is 3.90. The second-order valence-electron chi connectivity index (χ2n) is 5.71. The molecule has 2 heterocycles. The largest absolute Gasteiger partial charge is 0.321 e. The van der Waals surface area contributed by atoms with Gasteiger partial charge in [0.1, 0.15) is 5.82 Å². The number of rotatable bonds is 2. The summed E-state index contributed by atoms with van der Waals surface area (Å²) >= 11 is 3.32. The van der Waals surface area contributed by atoms with Crippen molar-refractivity contribution in [3.63, 3.8) is 0 Å². The van der Waals surface area contributed by atoms with Gasteiger partial charge >= 0.3 is 0 Å². The Morgan fingerprint density at radius 1 is 1.12 bits per heavy atom. The van der Waals surface area contributed by atoms with Gasteiger partial charge < -0.3 is 5.32 Å². The molecule has 24 heavy (non-hydrogen) atoms. The highest BCUT2D eigenvalue weighted by Gasteiger charge is 2.22. The van der Waals surface area contributed by atoms with Crippen LogP contribution in [0.1, 0.15) is 20.8 Å². The van der Waals surface area contributed by atoms with Gasteiger partial charge in [-0.15, -0.1) is 23.1 Å². The molecule has 0 unspecified atom stereocenters. The Bertz CT molecular complexity index is 931. The fourth-order valence-electron chi connectivity index (χ4n) is 2.70. The van der Waals surface area contributed by atoms with E-state index in [1.807, 2.05) is 6.07 Å². The summed E-state index contributed by atoms with van der Waals surface area (Å²) in [5, 5.41) is 2.83. The van der Waals surface area contributed by atoms with Gasteiger partial charge in [-0.25, -0.2) is 4.39 Å². The van der Waals surface area contributed by atoms with Gasteiger partial charge in [0.25, 0.3) is 5.91 Å². The van der Waals surface area contributed by atoms with Crippen LogP contribution in [0.2, 0.25) is 0 Å². The van der Waals surface area contributed by atoms with E-state index >= 15 is 0 Å². The fourth-order valence-corrected chi connectivity index (χ4v) is 4.99. The number of halogens is 1. The van der Waals surface area contributed by atoms with Crippen molar-refractivity contribution in [1.82, 2.24) is 0 Å². The second-order valence-corrected chi connectivity index (χ2v) is 7.78. The molecule has 0 spiro atoms. The van der Waals surface area contributed by atoms with Crippen LogP contribution < -0.4 is 5.32 Å². The zero-order valence-electron chi connectivity index (χ0n) is 12.9. The number of hydrogen-bond donors (Lipinski definition) is 1. The lowest BCUT2D eigenvalue weighted by atomic mass is 10.1. The van der Waals surface area contributed by atoms with Crippen molar-refractivity contribution >= 4 is 34.7 Å². The number of fused-ring (bicyclic) bond motifs is 3. The fraction of sp³-hybridized carbons (Fsp3) is 0.105. The molecule has 0 bridgehead atoms. The van der Waals surface area contributed by atoms with E-state index in [1.165, 1.54) is 49.9 Å². The molecule has 1 aliphatic heterocycles. The summed E-state index contributed by atoms with van der Waals surface area (Å²) in [6.45, 7) is 2.08. The number of anilines is 1. The van der Waals surface area contributed by atoms with Gasteiger partial charge in [0.05, 0.1) is 4.88 Å². The maximum Gasteiger partial charge on any atom is 0.265 e. The van der Waals surface area contributed by atoms with E-state index in [0.717, 1.165) is 5.75 Å². The van der Waals surface area contributed by atoms with Gasteiger partial charge in [-0.3, -0.25) is 4.79 Å². The Hall–Kier alpha value is -2.11. The summed E-state index contributed by atoms with van der Waals surface area (Å²) in [5.41, 5.74) is 4.23. The zero-order chi connectivity index (χ0) is 16.7. The Morgan fingerprint density at radius 2 is 1.92 bits per heavy atom. The molecule has 0 saturated carbocycles. The number of aryl methyl sites for hydroxylation is 1. The van der Waals surface area contributed by atoms with Gasteiger partial charge in [0.15, 0.2) is 0 Å². The standard InChI is InChI=1S/C19H14FNOS2/c1-11-2-7-16-15(8-11)18-12(10-23-16)9-17(24-18)19(22)21-14-5-3-13(20)4-6-14/h2-9H,10H2,1H3,(H,21,22). The molecule has 1 N–H and O–H groups in total. The molecule has 2 nitrogen and oxygen atoms in total. The highest BCUT2D eigenvalue weighted by molar-refractivity contribution is 7.98. The lowest BCUT2D eigenvalue weighted by Crippen LogP contribution is -2.09. The molecule has 1 aliphatic rings. The lowest BCUT2D eigenvalue weighted by molar-refractivity contribution is 0.103. The lowest BCUT2D eigenvalue weighted by Gasteiger charge is -2.15. The molecule has 3 aromatic rings. The van der Waals surface area contributed by atoms with Gasteiger partial charge in [0, 0.05) is 26.8 Å². The SMILES string of the molecule is Cc1ccc2c(c1)-c1sc(C(=O)Nc3ccc(F)cc3)cc1CS2. The molecule has 0 fully saturated rings. The first-order valence-corrected chi connectivity index (χ1v) is 9.34. The van der Waals surface area contributed by atoms with E-state index in [-0.39, 0.29) is 11.7 Å². The van der Waals surface area contributed by atoms with E-state index in [2.05, 4.69) is 30.4 Å².